The maximum absolute atomic E-state index is 12.9. The fraction of sp³-hybridized carbons (Fsp3) is 0.375. The lowest BCUT2D eigenvalue weighted by molar-refractivity contribution is -0.137. The molecule has 0 spiro atoms. The fourth-order valence-electron chi connectivity index (χ4n) is 2.71. The van der Waals surface area contributed by atoms with Crippen LogP contribution in [0.2, 0.25) is 5.02 Å². The summed E-state index contributed by atoms with van der Waals surface area (Å²) in [6.45, 7) is 0.185. The molecular formula is C16H15ClF3N3O3S. The largest absolute Gasteiger partial charge is 0.459 e. The van der Waals surface area contributed by atoms with Crippen molar-refractivity contribution in [3.63, 3.8) is 0 Å². The maximum atomic E-state index is 12.9. The van der Waals surface area contributed by atoms with E-state index in [0.717, 1.165) is 22.5 Å². The molecule has 0 bridgehead atoms. The zero-order valence-electron chi connectivity index (χ0n) is 13.9. The van der Waals surface area contributed by atoms with Crippen LogP contribution in [0.1, 0.15) is 18.4 Å². The van der Waals surface area contributed by atoms with Crippen molar-refractivity contribution in [3.8, 4) is 6.01 Å². The van der Waals surface area contributed by atoms with Crippen LogP contribution in [0.15, 0.2) is 41.6 Å². The van der Waals surface area contributed by atoms with Crippen molar-refractivity contribution in [2.45, 2.75) is 30.0 Å². The predicted molar refractivity (Wildman–Crippen MR) is 90.9 cm³/mol. The molecule has 2 heterocycles. The lowest BCUT2D eigenvalue weighted by Gasteiger charge is -2.31. The van der Waals surface area contributed by atoms with Gasteiger partial charge >= 0.3 is 12.2 Å². The number of sulfonamides is 1. The predicted octanol–water partition coefficient (Wildman–Crippen LogP) is 3.38. The molecule has 2 aromatic rings. The normalized spacial score (nSPS) is 19.0. The van der Waals surface area contributed by atoms with Gasteiger partial charge in [-0.25, -0.2) is 18.4 Å². The SMILES string of the molecule is O=S(=O)(c1cccc(C(F)(F)F)c1)N1CCC[C@H](Oc2ncc(Cl)cn2)C1. The van der Waals surface area contributed by atoms with Gasteiger partial charge < -0.3 is 4.74 Å². The highest BCUT2D eigenvalue weighted by molar-refractivity contribution is 7.89. The van der Waals surface area contributed by atoms with Crippen molar-refractivity contribution in [2.24, 2.45) is 0 Å². The summed E-state index contributed by atoms with van der Waals surface area (Å²) in [4.78, 5) is 7.39. The number of halogens is 4. The lowest BCUT2D eigenvalue weighted by atomic mass is 10.1. The monoisotopic (exact) mass is 421 g/mol. The van der Waals surface area contributed by atoms with Gasteiger partial charge in [0.1, 0.15) is 6.10 Å². The van der Waals surface area contributed by atoms with Crippen LogP contribution in [0, 0.1) is 0 Å². The molecule has 1 aromatic carbocycles. The van der Waals surface area contributed by atoms with E-state index in [1.54, 1.807) is 0 Å². The highest BCUT2D eigenvalue weighted by Gasteiger charge is 2.35. The third-order valence-electron chi connectivity index (χ3n) is 4.01. The van der Waals surface area contributed by atoms with Crippen molar-refractivity contribution in [2.75, 3.05) is 13.1 Å². The Morgan fingerprint density at radius 3 is 2.59 bits per heavy atom. The Morgan fingerprint density at radius 2 is 1.93 bits per heavy atom. The molecule has 11 heteroatoms. The number of benzene rings is 1. The first-order valence-electron chi connectivity index (χ1n) is 7.98. The second-order valence-corrected chi connectivity index (χ2v) is 8.33. The highest BCUT2D eigenvalue weighted by atomic mass is 35.5. The van der Waals surface area contributed by atoms with Crippen molar-refractivity contribution in [1.29, 1.82) is 0 Å². The number of alkyl halides is 3. The van der Waals surface area contributed by atoms with Crippen LogP contribution >= 0.6 is 11.6 Å². The third kappa shape index (κ3) is 4.69. The zero-order chi connectivity index (χ0) is 19.7. The minimum Gasteiger partial charge on any atom is -0.459 e. The molecule has 146 valence electrons. The summed E-state index contributed by atoms with van der Waals surface area (Å²) in [5, 5.41) is 0.333. The van der Waals surface area contributed by atoms with Gasteiger partial charge in [-0.3, -0.25) is 0 Å². The molecule has 0 saturated carbocycles. The van der Waals surface area contributed by atoms with E-state index < -0.39 is 32.8 Å². The molecule has 0 aliphatic carbocycles. The van der Waals surface area contributed by atoms with Gasteiger partial charge in [-0.2, -0.15) is 17.5 Å². The third-order valence-corrected chi connectivity index (χ3v) is 6.07. The molecular weight excluding hydrogens is 407 g/mol. The number of hydrogen-bond donors (Lipinski definition) is 0. The van der Waals surface area contributed by atoms with Crippen molar-refractivity contribution in [1.82, 2.24) is 14.3 Å². The first-order valence-corrected chi connectivity index (χ1v) is 9.80. The smallest absolute Gasteiger partial charge is 0.416 e. The molecule has 1 atom stereocenters. The Kier molecular flexibility index (Phi) is 5.59. The molecule has 27 heavy (non-hydrogen) atoms. The van der Waals surface area contributed by atoms with Crippen LogP contribution in [-0.4, -0.2) is 41.9 Å². The van der Waals surface area contributed by atoms with E-state index in [2.05, 4.69) is 9.97 Å². The second-order valence-electron chi connectivity index (χ2n) is 5.95. The molecule has 1 fully saturated rings. The van der Waals surface area contributed by atoms with E-state index in [1.807, 2.05) is 0 Å². The summed E-state index contributed by atoms with van der Waals surface area (Å²) >= 11 is 5.70. The van der Waals surface area contributed by atoms with Crippen LogP contribution < -0.4 is 4.74 Å². The Hall–Kier alpha value is -1.91. The fourth-order valence-corrected chi connectivity index (χ4v) is 4.37. The van der Waals surface area contributed by atoms with E-state index in [1.165, 1.54) is 12.4 Å². The van der Waals surface area contributed by atoms with Gasteiger partial charge in [0, 0.05) is 6.54 Å². The molecule has 0 radical (unpaired) electrons. The van der Waals surface area contributed by atoms with Gasteiger partial charge in [-0.05, 0) is 31.0 Å². The van der Waals surface area contributed by atoms with Crippen LogP contribution in [0.25, 0.3) is 0 Å². The minimum atomic E-state index is -4.62. The van der Waals surface area contributed by atoms with Gasteiger partial charge in [0.05, 0.1) is 34.4 Å². The minimum absolute atomic E-state index is 0.00936. The summed E-state index contributed by atoms with van der Waals surface area (Å²) in [5.41, 5.74) is -1.01. The van der Waals surface area contributed by atoms with Crippen LogP contribution in [-0.2, 0) is 16.2 Å². The standard InChI is InChI=1S/C16H15ClF3N3O3S/c17-12-8-21-15(22-9-12)26-13-4-2-6-23(10-13)27(24,25)14-5-1-3-11(7-14)16(18,19)20/h1,3,5,7-9,13H,2,4,6,10H2/t13-/m0/s1. The summed E-state index contributed by atoms with van der Waals surface area (Å²) < 4.78 is 70.9. The zero-order valence-corrected chi connectivity index (χ0v) is 15.4. The van der Waals surface area contributed by atoms with Crippen molar-refractivity contribution in [3.05, 3.63) is 47.2 Å². The van der Waals surface area contributed by atoms with Crippen LogP contribution in [0.3, 0.4) is 0 Å². The van der Waals surface area contributed by atoms with E-state index in [4.69, 9.17) is 16.3 Å². The number of nitrogens with zero attached hydrogens (tertiary/aromatic N) is 3. The van der Waals surface area contributed by atoms with E-state index >= 15 is 0 Å². The molecule has 3 rings (SSSR count). The Morgan fingerprint density at radius 1 is 1.22 bits per heavy atom. The number of ether oxygens (including phenoxy) is 1. The van der Waals surface area contributed by atoms with E-state index in [9.17, 15) is 21.6 Å². The Labute approximate surface area is 159 Å². The molecule has 0 N–H and O–H groups in total. The van der Waals surface area contributed by atoms with Crippen molar-refractivity contribution >= 4 is 21.6 Å². The topological polar surface area (TPSA) is 72.4 Å². The molecule has 0 amide bonds. The van der Waals surface area contributed by atoms with Crippen LogP contribution in [0.4, 0.5) is 13.2 Å². The number of piperidine rings is 1. The second kappa shape index (κ2) is 7.61. The van der Waals surface area contributed by atoms with E-state index in [0.29, 0.717) is 23.9 Å². The molecule has 1 saturated heterocycles. The quantitative estimate of drug-likeness (QED) is 0.756. The average Bonchev–Trinajstić information content (AvgIpc) is 2.63. The Balaban J connectivity index is 1.77. The molecule has 1 aromatic heterocycles. The van der Waals surface area contributed by atoms with Gasteiger partial charge in [0.2, 0.25) is 10.0 Å². The summed E-state index contributed by atoms with van der Waals surface area (Å²) in [5.74, 6) is 0. The van der Waals surface area contributed by atoms with Crippen LogP contribution in [0.5, 0.6) is 6.01 Å². The van der Waals surface area contributed by atoms with E-state index in [-0.39, 0.29) is 19.1 Å². The van der Waals surface area contributed by atoms with Gasteiger partial charge in [0.25, 0.3) is 0 Å². The van der Waals surface area contributed by atoms with Gasteiger partial charge in [0.15, 0.2) is 0 Å². The summed E-state index contributed by atoms with van der Waals surface area (Å²) in [7, 11) is -4.09. The van der Waals surface area contributed by atoms with Crippen molar-refractivity contribution < 1.29 is 26.3 Å². The Bertz CT molecular complexity index is 907. The first-order chi connectivity index (χ1) is 12.7. The summed E-state index contributed by atoms with van der Waals surface area (Å²) in [6, 6.07) is 3.76. The lowest BCUT2D eigenvalue weighted by Crippen LogP contribution is -2.44. The highest BCUT2D eigenvalue weighted by Crippen LogP contribution is 2.31. The summed E-state index contributed by atoms with van der Waals surface area (Å²) in [6.07, 6.45) is -1.36. The molecule has 1 aliphatic rings. The number of hydrogen-bond acceptors (Lipinski definition) is 5. The maximum Gasteiger partial charge on any atom is 0.416 e. The molecule has 0 unspecified atom stereocenters. The number of rotatable bonds is 4. The van der Waals surface area contributed by atoms with Gasteiger partial charge in [-0.1, -0.05) is 17.7 Å². The number of aromatic nitrogens is 2. The molecule has 6 nitrogen and oxygen atoms in total. The first kappa shape index (κ1) is 19.8. The average molecular weight is 422 g/mol. The molecule has 1 aliphatic heterocycles. The van der Waals surface area contributed by atoms with Gasteiger partial charge in [-0.15, -0.1) is 0 Å².